The molecular weight excluding hydrogens is 252 g/mol. The summed E-state index contributed by atoms with van der Waals surface area (Å²) in [6.07, 6.45) is 7.12. The lowest BCUT2D eigenvalue weighted by atomic mass is 10.0. The molecule has 0 bridgehead atoms. The SMILES string of the molecule is Cn1cc(C[C@@H]2[C@@H](O)CCN2Cc2ccccn2)cn1. The third-order valence-corrected chi connectivity index (χ3v) is 3.92. The van der Waals surface area contributed by atoms with Crippen LogP contribution in [-0.4, -0.2) is 43.5 Å². The minimum atomic E-state index is -0.265. The zero-order valence-corrected chi connectivity index (χ0v) is 11.7. The molecule has 3 rings (SSSR count). The van der Waals surface area contributed by atoms with Crippen molar-refractivity contribution in [2.24, 2.45) is 7.05 Å². The van der Waals surface area contributed by atoms with Gasteiger partial charge in [-0.25, -0.2) is 0 Å². The van der Waals surface area contributed by atoms with Crippen molar-refractivity contribution in [1.29, 1.82) is 0 Å². The first-order valence-corrected chi connectivity index (χ1v) is 7.02. The van der Waals surface area contributed by atoms with E-state index >= 15 is 0 Å². The van der Waals surface area contributed by atoms with E-state index in [1.807, 2.05) is 43.8 Å². The van der Waals surface area contributed by atoms with Crippen molar-refractivity contribution in [3.8, 4) is 0 Å². The smallest absolute Gasteiger partial charge is 0.0711 e. The Balaban J connectivity index is 1.70. The van der Waals surface area contributed by atoms with Gasteiger partial charge in [0.25, 0.3) is 0 Å². The van der Waals surface area contributed by atoms with E-state index < -0.39 is 0 Å². The van der Waals surface area contributed by atoms with E-state index in [9.17, 15) is 5.11 Å². The summed E-state index contributed by atoms with van der Waals surface area (Å²) >= 11 is 0. The van der Waals surface area contributed by atoms with Gasteiger partial charge in [0, 0.05) is 38.6 Å². The van der Waals surface area contributed by atoms with Gasteiger partial charge in [0.05, 0.1) is 18.0 Å². The number of aryl methyl sites for hydroxylation is 1. The molecule has 0 amide bonds. The molecule has 1 aliphatic rings. The summed E-state index contributed by atoms with van der Waals surface area (Å²) in [5.74, 6) is 0. The van der Waals surface area contributed by atoms with E-state index in [0.29, 0.717) is 0 Å². The van der Waals surface area contributed by atoms with E-state index in [-0.39, 0.29) is 12.1 Å². The lowest BCUT2D eigenvalue weighted by molar-refractivity contribution is 0.112. The molecule has 3 heterocycles. The molecule has 106 valence electrons. The molecule has 0 aliphatic carbocycles. The Hall–Kier alpha value is -1.72. The van der Waals surface area contributed by atoms with E-state index in [1.54, 1.807) is 4.68 Å². The van der Waals surface area contributed by atoms with E-state index in [0.717, 1.165) is 31.6 Å². The van der Waals surface area contributed by atoms with Crippen molar-refractivity contribution in [3.05, 3.63) is 48.0 Å². The third-order valence-electron chi connectivity index (χ3n) is 3.92. The monoisotopic (exact) mass is 272 g/mol. The molecule has 2 atom stereocenters. The summed E-state index contributed by atoms with van der Waals surface area (Å²) in [7, 11) is 1.92. The highest BCUT2D eigenvalue weighted by molar-refractivity contribution is 5.10. The van der Waals surface area contributed by atoms with E-state index in [1.165, 1.54) is 5.56 Å². The highest BCUT2D eigenvalue weighted by Crippen LogP contribution is 2.23. The number of likely N-dealkylation sites (tertiary alicyclic amines) is 1. The normalized spacial score (nSPS) is 23.3. The Morgan fingerprint density at radius 2 is 2.30 bits per heavy atom. The fraction of sp³-hybridized carbons (Fsp3) is 0.467. The molecule has 0 spiro atoms. The Morgan fingerprint density at radius 3 is 3.00 bits per heavy atom. The molecule has 5 heteroatoms. The van der Waals surface area contributed by atoms with Gasteiger partial charge in [0.15, 0.2) is 0 Å². The highest BCUT2D eigenvalue weighted by atomic mass is 16.3. The summed E-state index contributed by atoms with van der Waals surface area (Å²) in [6, 6.07) is 6.12. The number of rotatable bonds is 4. The average Bonchev–Trinajstić information content (AvgIpc) is 3.01. The number of hydrogen-bond donors (Lipinski definition) is 1. The van der Waals surface area contributed by atoms with Gasteiger partial charge in [-0.05, 0) is 30.5 Å². The van der Waals surface area contributed by atoms with Crippen LogP contribution in [0.4, 0.5) is 0 Å². The predicted molar refractivity (Wildman–Crippen MR) is 76.0 cm³/mol. The van der Waals surface area contributed by atoms with Gasteiger partial charge in [0.2, 0.25) is 0 Å². The first kappa shape index (κ1) is 13.3. The lowest BCUT2D eigenvalue weighted by Crippen LogP contribution is -2.36. The molecule has 0 saturated carbocycles. The van der Waals surface area contributed by atoms with Crippen molar-refractivity contribution < 1.29 is 5.11 Å². The first-order valence-electron chi connectivity index (χ1n) is 7.02. The van der Waals surface area contributed by atoms with Crippen molar-refractivity contribution in [2.75, 3.05) is 6.54 Å². The number of aliphatic hydroxyl groups is 1. The minimum absolute atomic E-state index is 0.154. The summed E-state index contributed by atoms with van der Waals surface area (Å²) in [5.41, 5.74) is 2.22. The molecule has 0 unspecified atom stereocenters. The Kier molecular flexibility index (Phi) is 3.80. The Labute approximate surface area is 118 Å². The van der Waals surface area contributed by atoms with Gasteiger partial charge in [-0.3, -0.25) is 14.6 Å². The lowest BCUT2D eigenvalue weighted by Gasteiger charge is -2.25. The third kappa shape index (κ3) is 2.89. The van der Waals surface area contributed by atoms with Crippen LogP contribution < -0.4 is 0 Å². The van der Waals surface area contributed by atoms with Crippen LogP contribution in [0.3, 0.4) is 0 Å². The second kappa shape index (κ2) is 5.73. The second-order valence-corrected chi connectivity index (χ2v) is 5.44. The zero-order valence-electron chi connectivity index (χ0n) is 11.7. The summed E-state index contributed by atoms with van der Waals surface area (Å²) in [5, 5.41) is 14.4. The van der Waals surface area contributed by atoms with E-state index in [4.69, 9.17) is 0 Å². The van der Waals surface area contributed by atoms with Crippen LogP contribution in [0.1, 0.15) is 17.7 Å². The van der Waals surface area contributed by atoms with Crippen LogP contribution >= 0.6 is 0 Å². The van der Waals surface area contributed by atoms with Crippen LogP contribution in [0.25, 0.3) is 0 Å². The van der Waals surface area contributed by atoms with Crippen LogP contribution in [0, 0.1) is 0 Å². The summed E-state index contributed by atoms with van der Waals surface area (Å²) in [6.45, 7) is 1.71. The molecule has 1 saturated heterocycles. The van der Waals surface area contributed by atoms with Crippen LogP contribution in [-0.2, 0) is 20.0 Å². The van der Waals surface area contributed by atoms with Gasteiger partial charge in [-0.2, -0.15) is 5.10 Å². The fourth-order valence-corrected chi connectivity index (χ4v) is 2.88. The maximum absolute atomic E-state index is 10.2. The number of hydrogen-bond acceptors (Lipinski definition) is 4. The minimum Gasteiger partial charge on any atom is -0.391 e. The molecule has 0 aromatic carbocycles. The van der Waals surface area contributed by atoms with Gasteiger partial charge < -0.3 is 5.11 Å². The molecule has 1 fully saturated rings. The number of aromatic nitrogens is 3. The van der Waals surface area contributed by atoms with Crippen molar-refractivity contribution in [3.63, 3.8) is 0 Å². The highest BCUT2D eigenvalue weighted by Gasteiger charge is 2.33. The maximum Gasteiger partial charge on any atom is 0.0711 e. The average molecular weight is 272 g/mol. The first-order chi connectivity index (χ1) is 9.72. The molecule has 5 nitrogen and oxygen atoms in total. The molecular formula is C15H20N4O. The zero-order chi connectivity index (χ0) is 13.9. The van der Waals surface area contributed by atoms with Gasteiger partial charge >= 0.3 is 0 Å². The Bertz CT molecular complexity index is 554. The number of aliphatic hydroxyl groups excluding tert-OH is 1. The molecule has 2 aromatic heterocycles. The quantitative estimate of drug-likeness (QED) is 0.902. The van der Waals surface area contributed by atoms with Gasteiger partial charge in [0.1, 0.15) is 0 Å². The van der Waals surface area contributed by atoms with Crippen molar-refractivity contribution >= 4 is 0 Å². The predicted octanol–water partition coefficient (Wildman–Crippen LogP) is 0.993. The molecule has 1 N–H and O–H groups in total. The van der Waals surface area contributed by atoms with Crippen LogP contribution in [0.15, 0.2) is 36.8 Å². The standard InChI is InChI=1S/C15H20N4O/c1-18-10-12(9-17-18)8-14-15(20)5-7-19(14)11-13-4-2-3-6-16-13/h2-4,6,9-10,14-15,20H,5,7-8,11H2,1H3/t14-,15+/m1/s1. The molecule has 0 radical (unpaired) electrons. The molecule has 2 aromatic rings. The van der Waals surface area contributed by atoms with Crippen molar-refractivity contribution in [1.82, 2.24) is 19.7 Å². The fourth-order valence-electron chi connectivity index (χ4n) is 2.88. The van der Waals surface area contributed by atoms with Crippen LogP contribution in [0.2, 0.25) is 0 Å². The Morgan fingerprint density at radius 1 is 1.40 bits per heavy atom. The molecule has 1 aliphatic heterocycles. The topological polar surface area (TPSA) is 54.2 Å². The van der Waals surface area contributed by atoms with Crippen molar-refractivity contribution in [2.45, 2.75) is 31.5 Å². The second-order valence-electron chi connectivity index (χ2n) is 5.44. The summed E-state index contributed by atoms with van der Waals surface area (Å²) in [4.78, 5) is 6.69. The number of pyridine rings is 1. The van der Waals surface area contributed by atoms with Crippen LogP contribution in [0.5, 0.6) is 0 Å². The molecule has 20 heavy (non-hydrogen) atoms. The number of nitrogens with zero attached hydrogens (tertiary/aromatic N) is 4. The van der Waals surface area contributed by atoms with Gasteiger partial charge in [-0.15, -0.1) is 0 Å². The maximum atomic E-state index is 10.2. The largest absolute Gasteiger partial charge is 0.391 e. The van der Waals surface area contributed by atoms with E-state index in [2.05, 4.69) is 15.0 Å². The summed E-state index contributed by atoms with van der Waals surface area (Å²) < 4.78 is 1.81. The van der Waals surface area contributed by atoms with Gasteiger partial charge in [-0.1, -0.05) is 6.07 Å².